The van der Waals surface area contributed by atoms with E-state index in [9.17, 15) is 14.4 Å². The minimum absolute atomic E-state index is 0.0305. The van der Waals surface area contributed by atoms with E-state index in [1.54, 1.807) is 36.4 Å². The summed E-state index contributed by atoms with van der Waals surface area (Å²) in [5.74, 6) is -3.54. The topological polar surface area (TPSA) is 108 Å². The lowest BCUT2D eigenvalue weighted by Gasteiger charge is -2.29. The third kappa shape index (κ3) is 6.42. The Hall–Kier alpha value is -3.66. The van der Waals surface area contributed by atoms with Crippen molar-refractivity contribution < 1.29 is 28.6 Å². The van der Waals surface area contributed by atoms with Crippen LogP contribution in [0.1, 0.15) is 28.8 Å². The zero-order valence-electron chi connectivity index (χ0n) is 20.0. The number of hydrogen-bond donors (Lipinski definition) is 3. The molecular weight excluding hydrogens is 536 g/mol. The lowest BCUT2D eigenvalue weighted by Crippen LogP contribution is -2.49. The molecule has 1 aliphatic heterocycles. The number of carboxylic acids is 1. The molecule has 3 aromatic rings. The number of halogens is 3. The second-order valence-corrected chi connectivity index (χ2v) is 9.52. The number of nitrogens with zero attached hydrogens (tertiary/aromatic N) is 1. The van der Waals surface area contributed by atoms with E-state index >= 15 is 4.39 Å². The van der Waals surface area contributed by atoms with E-state index in [1.807, 2.05) is 0 Å². The van der Waals surface area contributed by atoms with Gasteiger partial charge in [-0.3, -0.25) is 4.79 Å². The molecule has 0 aromatic heterocycles. The van der Waals surface area contributed by atoms with E-state index in [-0.39, 0.29) is 30.2 Å². The molecule has 0 aliphatic carbocycles. The summed E-state index contributed by atoms with van der Waals surface area (Å²) < 4.78 is 21.4. The van der Waals surface area contributed by atoms with Crippen molar-refractivity contribution in [3.63, 3.8) is 0 Å². The van der Waals surface area contributed by atoms with Crippen molar-refractivity contribution in [2.24, 2.45) is 0 Å². The highest BCUT2D eigenvalue weighted by molar-refractivity contribution is 6.34. The number of rotatable bonds is 9. The Morgan fingerprint density at radius 3 is 2.32 bits per heavy atom. The molecule has 1 atom stereocenters. The molecule has 0 saturated carbocycles. The maximum absolute atomic E-state index is 15.8. The van der Waals surface area contributed by atoms with Gasteiger partial charge in [-0.05, 0) is 60.5 Å². The summed E-state index contributed by atoms with van der Waals surface area (Å²) in [6.45, 7) is 0.165. The van der Waals surface area contributed by atoms with Crippen LogP contribution in [0, 0.1) is 0 Å². The molecule has 11 heteroatoms. The van der Waals surface area contributed by atoms with Gasteiger partial charge in [0.2, 0.25) is 5.79 Å². The first kappa shape index (κ1) is 27.4. The first-order valence-electron chi connectivity index (χ1n) is 11.7. The van der Waals surface area contributed by atoms with Crippen LogP contribution in [0.4, 0.5) is 20.6 Å². The molecule has 2 amide bonds. The number of alkyl halides is 1. The average Bonchev–Trinajstić information content (AvgIpc) is 3.27. The van der Waals surface area contributed by atoms with E-state index < -0.39 is 23.6 Å². The van der Waals surface area contributed by atoms with Crippen LogP contribution in [-0.4, -0.2) is 46.9 Å². The van der Waals surface area contributed by atoms with Crippen LogP contribution in [0.3, 0.4) is 0 Å². The number of ether oxygens (including phenoxy) is 1. The number of nitrogens with one attached hydrogen (secondary N) is 2. The molecule has 0 bridgehead atoms. The van der Waals surface area contributed by atoms with Crippen molar-refractivity contribution in [2.45, 2.75) is 25.1 Å². The quantitative estimate of drug-likeness (QED) is 0.267. The number of para-hydroxylation sites is 1. The molecule has 3 aromatic carbocycles. The van der Waals surface area contributed by atoms with Gasteiger partial charge in [-0.2, -0.15) is 0 Å². The minimum atomic E-state index is -2.21. The molecule has 1 aliphatic rings. The molecule has 4 rings (SSSR count). The SMILES string of the molecule is O=C(Nc1ccccc1Cl)Nc1ccc(CC(=O)C2(F)CCCN2COc2ccc(C(=O)O)cc2)cc1Cl. The number of urea groups is 1. The summed E-state index contributed by atoms with van der Waals surface area (Å²) in [7, 11) is 0. The molecule has 1 heterocycles. The molecular formula is C27H24Cl2FN3O5. The number of carbonyl (C=O) groups is 3. The molecule has 1 fully saturated rings. The Morgan fingerprint density at radius 2 is 1.66 bits per heavy atom. The second kappa shape index (κ2) is 11.8. The maximum Gasteiger partial charge on any atom is 0.335 e. The van der Waals surface area contributed by atoms with Gasteiger partial charge in [-0.1, -0.05) is 41.4 Å². The number of amides is 2. The van der Waals surface area contributed by atoms with Crippen LogP contribution in [0.25, 0.3) is 0 Å². The lowest BCUT2D eigenvalue weighted by molar-refractivity contribution is -0.144. The smallest absolute Gasteiger partial charge is 0.335 e. The highest BCUT2D eigenvalue weighted by Crippen LogP contribution is 2.34. The Morgan fingerprint density at radius 1 is 0.974 bits per heavy atom. The number of aromatic carboxylic acids is 1. The molecule has 1 unspecified atom stereocenters. The first-order chi connectivity index (χ1) is 18.2. The number of anilines is 2. The Balaban J connectivity index is 1.35. The zero-order chi connectivity index (χ0) is 27.3. The average molecular weight is 560 g/mol. The van der Waals surface area contributed by atoms with Gasteiger partial charge in [0.25, 0.3) is 0 Å². The number of ketones is 1. The molecule has 8 nitrogen and oxygen atoms in total. The van der Waals surface area contributed by atoms with Crippen molar-refractivity contribution in [3.05, 3.63) is 87.9 Å². The maximum atomic E-state index is 15.8. The van der Waals surface area contributed by atoms with Crippen molar-refractivity contribution in [1.29, 1.82) is 0 Å². The molecule has 3 N–H and O–H groups in total. The fourth-order valence-corrected chi connectivity index (χ4v) is 4.53. The molecule has 38 heavy (non-hydrogen) atoms. The van der Waals surface area contributed by atoms with Crippen molar-refractivity contribution in [3.8, 4) is 5.75 Å². The summed E-state index contributed by atoms with van der Waals surface area (Å²) >= 11 is 12.4. The Bertz CT molecular complexity index is 1350. The van der Waals surface area contributed by atoms with Crippen LogP contribution < -0.4 is 15.4 Å². The normalized spacial score (nSPS) is 17.1. The monoisotopic (exact) mass is 559 g/mol. The van der Waals surface area contributed by atoms with Gasteiger partial charge in [0.15, 0.2) is 5.78 Å². The number of hydrogen-bond acceptors (Lipinski definition) is 5. The van der Waals surface area contributed by atoms with E-state index in [1.165, 1.54) is 35.2 Å². The van der Waals surface area contributed by atoms with Crippen molar-refractivity contribution in [1.82, 2.24) is 4.90 Å². The highest BCUT2D eigenvalue weighted by Gasteiger charge is 2.47. The third-order valence-corrected chi connectivity index (χ3v) is 6.76. The summed E-state index contributed by atoms with van der Waals surface area (Å²) in [6, 6.07) is 16.6. The van der Waals surface area contributed by atoms with Gasteiger partial charge < -0.3 is 20.5 Å². The molecule has 198 valence electrons. The van der Waals surface area contributed by atoms with E-state index in [4.69, 9.17) is 33.0 Å². The second-order valence-electron chi connectivity index (χ2n) is 8.70. The van der Waals surface area contributed by atoms with Crippen LogP contribution >= 0.6 is 23.2 Å². The van der Waals surface area contributed by atoms with Crippen LogP contribution in [-0.2, 0) is 11.2 Å². The molecule has 1 saturated heterocycles. The number of carboxylic acid groups (broad SMARTS) is 1. The van der Waals surface area contributed by atoms with Gasteiger partial charge in [0.05, 0.1) is 27.0 Å². The molecule has 0 radical (unpaired) electrons. The largest absolute Gasteiger partial charge is 0.478 e. The number of likely N-dealkylation sites (tertiary alicyclic amines) is 1. The van der Waals surface area contributed by atoms with E-state index in [0.29, 0.717) is 40.7 Å². The Kier molecular flexibility index (Phi) is 8.51. The predicted octanol–water partition coefficient (Wildman–Crippen LogP) is 6.25. The van der Waals surface area contributed by atoms with Gasteiger partial charge in [-0.25, -0.2) is 18.9 Å². The fourth-order valence-electron chi connectivity index (χ4n) is 4.10. The first-order valence-corrected chi connectivity index (χ1v) is 12.5. The van der Waals surface area contributed by atoms with Crippen LogP contribution in [0.15, 0.2) is 66.7 Å². The predicted molar refractivity (Wildman–Crippen MR) is 143 cm³/mol. The highest BCUT2D eigenvalue weighted by atomic mass is 35.5. The van der Waals surface area contributed by atoms with Crippen molar-refractivity contribution >= 4 is 52.4 Å². The van der Waals surface area contributed by atoms with Gasteiger partial charge in [0.1, 0.15) is 12.5 Å². The zero-order valence-corrected chi connectivity index (χ0v) is 21.6. The van der Waals surface area contributed by atoms with E-state index in [2.05, 4.69) is 10.6 Å². The Labute approximate surface area is 228 Å². The number of Topliss-reactive ketones (excluding diaryl/α,β-unsaturated/α-hetero) is 1. The lowest BCUT2D eigenvalue weighted by atomic mass is 9.99. The van der Waals surface area contributed by atoms with E-state index in [0.717, 1.165) is 0 Å². The number of benzene rings is 3. The summed E-state index contributed by atoms with van der Waals surface area (Å²) in [5.41, 5.74) is 1.34. The van der Waals surface area contributed by atoms with Gasteiger partial charge >= 0.3 is 12.0 Å². The van der Waals surface area contributed by atoms with Crippen LogP contribution in [0.5, 0.6) is 5.75 Å². The van der Waals surface area contributed by atoms with Crippen LogP contribution in [0.2, 0.25) is 10.0 Å². The summed E-state index contributed by atoms with van der Waals surface area (Å²) in [5, 5.41) is 14.8. The number of carbonyl (C=O) groups excluding carboxylic acids is 2. The van der Waals surface area contributed by atoms with Gasteiger partial charge in [-0.15, -0.1) is 0 Å². The third-order valence-electron chi connectivity index (χ3n) is 6.12. The van der Waals surface area contributed by atoms with Gasteiger partial charge in [0, 0.05) is 19.4 Å². The summed E-state index contributed by atoms with van der Waals surface area (Å²) in [6.07, 6.45) is 0.308. The molecule has 0 spiro atoms. The fraction of sp³-hybridized carbons (Fsp3) is 0.222. The minimum Gasteiger partial charge on any atom is -0.478 e. The standard InChI is InChI=1S/C27H24Cl2FN3O5/c28-20-4-1-2-5-22(20)31-26(37)32-23-11-6-17(14-21(23)29)15-24(34)27(30)12-3-13-33(27)16-38-19-9-7-18(8-10-19)25(35)36/h1-2,4-11,14H,3,12-13,15-16H2,(H,35,36)(H2,31,32,37). The summed E-state index contributed by atoms with van der Waals surface area (Å²) in [4.78, 5) is 37.7. The van der Waals surface area contributed by atoms with Crippen molar-refractivity contribution in [2.75, 3.05) is 23.9 Å².